The summed E-state index contributed by atoms with van der Waals surface area (Å²) in [6.45, 7) is 4.67. The van der Waals surface area contributed by atoms with Crippen molar-refractivity contribution in [2.24, 2.45) is 11.8 Å². The molecule has 220 valence electrons. The standard InChI is InChI=1S/C32H37ClF3N3O2/c1-19(2)22-16-23(22)28(40)14-20-10-12-31(17-20)24-15-21(33)8-9-26(24)39(30(31)41)18-29-37-25-6-3-4-7-27(25)38(29)13-5-11-32(34,35)36/h8-9,15,19-20H,3-7,10-14,16-18H2,1-2H3. The SMILES string of the molecule is CC(C)C1=C(C(=O)CC2CCC3(C2)C(=O)N(Cc2nc4c(n2CCCC(F)(F)F)CCCC4)c2ccc(Cl)cc23)C1. The Morgan fingerprint density at radius 1 is 1.22 bits per heavy atom. The van der Waals surface area contributed by atoms with Gasteiger partial charge in [-0.15, -0.1) is 0 Å². The van der Waals surface area contributed by atoms with E-state index in [2.05, 4.69) is 13.8 Å². The van der Waals surface area contributed by atoms with Gasteiger partial charge in [-0.3, -0.25) is 9.59 Å². The van der Waals surface area contributed by atoms with Crippen LogP contribution in [0.2, 0.25) is 5.02 Å². The van der Waals surface area contributed by atoms with Crippen molar-refractivity contribution in [3.63, 3.8) is 0 Å². The first-order chi connectivity index (χ1) is 19.5. The fraction of sp³-hybridized carbons (Fsp3) is 0.594. The number of rotatable bonds is 9. The molecule has 3 aliphatic carbocycles. The lowest BCUT2D eigenvalue weighted by atomic mass is 9.79. The van der Waals surface area contributed by atoms with E-state index in [1.54, 1.807) is 11.0 Å². The third kappa shape index (κ3) is 5.37. The average molecular weight is 588 g/mol. The zero-order valence-electron chi connectivity index (χ0n) is 23.7. The van der Waals surface area contributed by atoms with Crippen LogP contribution in [-0.2, 0) is 40.9 Å². The Hall–Kier alpha value is -2.61. The van der Waals surface area contributed by atoms with Gasteiger partial charge in [-0.25, -0.2) is 4.98 Å². The van der Waals surface area contributed by atoms with Crippen LogP contribution < -0.4 is 4.90 Å². The Balaban J connectivity index is 1.27. The van der Waals surface area contributed by atoms with Gasteiger partial charge < -0.3 is 9.47 Å². The van der Waals surface area contributed by atoms with Crippen LogP contribution in [0.4, 0.5) is 18.9 Å². The van der Waals surface area contributed by atoms with Crippen LogP contribution in [-0.4, -0.2) is 27.4 Å². The minimum atomic E-state index is -4.21. The molecule has 2 aromatic rings. The van der Waals surface area contributed by atoms with E-state index in [4.69, 9.17) is 16.6 Å². The number of hydrogen-bond donors (Lipinski definition) is 0. The fourth-order valence-electron chi connectivity index (χ4n) is 7.51. The second-order valence-electron chi connectivity index (χ2n) is 12.7. The molecule has 5 nitrogen and oxygen atoms in total. The van der Waals surface area contributed by atoms with Gasteiger partial charge >= 0.3 is 6.18 Å². The van der Waals surface area contributed by atoms with Gasteiger partial charge in [0.1, 0.15) is 5.82 Å². The first-order valence-corrected chi connectivity index (χ1v) is 15.4. The van der Waals surface area contributed by atoms with Crippen LogP contribution in [0.15, 0.2) is 29.3 Å². The Kier molecular flexibility index (Phi) is 7.36. The Morgan fingerprint density at radius 3 is 2.73 bits per heavy atom. The van der Waals surface area contributed by atoms with Gasteiger partial charge in [0.15, 0.2) is 5.78 Å². The van der Waals surface area contributed by atoms with Crippen LogP contribution in [0.3, 0.4) is 0 Å². The summed E-state index contributed by atoms with van der Waals surface area (Å²) in [5.74, 6) is 1.37. The number of ketones is 1. The highest BCUT2D eigenvalue weighted by Gasteiger charge is 2.55. The summed E-state index contributed by atoms with van der Waals surface area (Å²) in [7, 11) is 0. The molecule has 0 N–H and O–H groups in total. The van der Waals surface area contributed by atoms with E-state index in [0.717, 1.165) is 66.7 Å². The van der Waals surface area contributed by atoms with E-state index in [1.165, 1.54) is 5.57 Å². The predicted octanol–water partition coefficient (Wildman–Crippen LogP) is 7.66. The molecule has 2 heterocycles. The van der Waals surface area contributed by atoms with Gasteiger partial charge in [0.2, 0.25) is 5.91 Å². The smallest absolute Gasteiger partial charge is 0.330 e. The largest absolute Gasteiger partial charge is 0.389 e. The maximum absolute atomic E-state index is 14.3. The molecule has 6 rings (SSSR count). The van der Waals surface area contributed by atoms with Crippen LogP contribution in [0.1, 0.15) is 94.4 Å². The number of aryl methyl sites for hydroxylation is 1. The molecule has 0 saturated heterocycles. The van der Waals surface area contributed by atoms with Crippen LogP contribution in [0, 0.1) is 11.8 Å². The second kappa shape index (κ2) is 10.6. The van der Waals surface area contributed by atoms with Crippen molar-refractivity contribution in [1.82, 2.24) is 9.55 Å². The zero-order valence-corrected chi connectivity index (χ0v) is 24.5. The van der Waals surface area contributed by atoms with Crippen molar-refractivity contribution in [3.8, 4) is 0 Å². The number of imidazole rings is 1. The maximum Gasteiger partial charge on any atom is 0.389 e. The molecule has 1 amide bonds. The van der Waals surface area contributed by atoms with Gasteiger partial charge in [0.25, 0.3) is 0 Å². The van der Waals surface area contributed by atoms with Gasteiger partial charge in [0.05, 0.1) is 17.7 Å². The number of aromatic nitrogens is 2. The summed E-state index contributed by atoms with van der Waals surface area (Å²) in [6, 6.07) is 5.55. The number of amides is 1. The summed E-state index contributed by atoms with van der Waals surface area (Å²) in [5, 5.41) is 0.561. The van der Waals surface area contributed by atoms with Crippen molar-refractivity contribution in [1.29, 1.82) is 0 Å². The van der Waals surface area contributed by atoms with E-state index in [9.17, 15) is 22.8 Å². The summed E-state index contributed by atoms with van der Waals surface area (Å²) in [5.41, 5.74) is 5.16. The number of nitrogens with zero attached hydrogens (tertiary/aromatic N) is 3. The number of Topliss-reactive ketones (excluding diaryl/α,β-unsaturated/α-hetero) is 1. The minimum absolute atomic E-state index is 0.0129. The van der Waals surface area contributed by atoms with Gasteiger partial charge in [0, 0.05) is 35.8 Å². The van der Waals surface area contributed by atoms with Crippen molar-refractivity contribution in [2.45, 2.75) is 109 Å². The molecule has 1 fully saturated rings. The normalized spacial score (nSPS) is 23.6. The zero-order chi connectivity index (χ0) is 29.1. The monoisotopic (exact) mass is 587 g/mol. The fourth-order valence-corrected chi connectivity index (χ4v) is 7.68. The number of anilines is 1. The Bertz CT molecular complexity index is 1430. The lowest BCUT2D eigenvalue weighted by Crippen LogP contribution is -2.39. The number of allylic oxidation sites excluding steroid dienone is 2. The van der Waals surface area contributed by atoms with E-state index in [1.807, 2.05) is 16.7 Å². The minimum Gasteiger partial charge on any atom is -0.330 e. The lowest BCUT2D eigenvalue weighted by Gasteiger charge is -2.24. The van der Waals surface area contributed by atoms with E-state index < -0.39 is 18.0 Å². The molecule has 9 heteroatoms. The third-order valence-electron chi connectivity index (χ3n) is 9.63. The molecule has 1 saturated carbocycles. The topological polar surface area (TPSA) is 55.2 Å². The number of fused-ring (bicyclic) bond motifs is 3. The van der Waals surface area contributed by atoms with E-state index in [0.29, 0.717) is 36.0 Å². The summed E-state index contributed by atoms with van der Waals surface area (Å²) >= 11 is 6.45. The van der Waals surface area contributed by atoms with Crippen LogP contribution in [0.5, 0.6) is 0 Å². The highest BCUT2D eigenvalue weighted by Crippen LogP contribution is 2.55. The Morgan fingerprint density at radius 2 is 2.00 bits per heavy atom. The number of benzene rings is 1. The quantitative estimate of drug-likeness (QED) is 0.303. The van der Waals surface area contributed by atoms with Crippen molar-refractivity contribution >= 4 is 29.0 Å². The van der Waals surface area contributed by atoms with Crippen molar-refractivity contribution < 1.29 is 22.8 Å². The number of carbonyl (C=O) groups is 2. The second-order valence-corrected chi connectivity index (χ2v) is 13.1. The molecule has 1 spiro atoms. The molecule has 0 radical (unpaired) electrons. The van der Waals surface area contributed by atoms with Gasteiger partial charge in [-0.05, 0) is 99.0 Å². The van der Waals surface area contributed by atoms with Crippen molar-refractivity contribution in [2.75, 3.05) is 4.90 Å². The maximum atomic E-state index is 14.3. The average Bonchev–Trinajstić information content (AvgIpc) is 3.45. The molecule has 2 unspecified atom stereocenters. The molecule has 41 heavy (non-hydrogen) atoms. The molecule has 2 atom stereocenters. The van der Waals surface area contributed by atoms with E-state index in [-0.39, 0.29) is 37.1 Å². The first-order valence-electron chi connectivity index (χ1n) is 15.0. The molecule has 0 bridgehead atoms. The van der Waals surface area contributed by atoms with Crippen LogP contribution in [0.25, 0.3) is 0 Å². The lowest BCUT2D eigenvalue weighted by molar-refractivity contribution is -0.136. The third-order valence-corrected chi connectivity index (χ3v) is 9.86. The first kappa shape index (κ1) is 28.5. The predicted molar refractivity (Wildman–Crippen MR) is 152 cm³/mol. The molecular formula is C32H37ClF3N3O2. The summed E-state index contributed by atoms with van der Waals surface area (Å²) < 4.78 is 40.9. The Labute approximate surface area is 244 Å². The molecule has 4 aliphatic rings. The highest BCUT2D eigenvalue weighted by molar-refractivity contribution is 6.31. The molecule has 1 aliphatic heterocycles. The van der Waals surface area contributed by atoms with Gasteiger partial charge in [-0.2, -0.15) is 13.2 Å². The molecular weight excluding hydrogens is 551 g/mol. The summed E-state index contributed by atoms with van der Waals surface area (Å²) in [6.07, 6.45) is 1.86. The molecule has 1 aromatic heterocycles. The number of hydrogen-bond acceptors (Lipinski definition) is 3. The number of carbonyl (C=O) groups excluding carboxylic acids is 2. The number of alkyl halides is 3. The van der Waals surface area contributed by atoms with Gasteiger partial charge in [-0.1, -0.05) is 31.0 Å². The highest BCUT2D eigenvalue weighted by atomic mass is 35.5. The van der Waals surface area contributed by atoms with Crippen LogP contribution >= 0.6 is 11.6 Å². The molecule has 1 aromatic carbocycles. The van der Waals surface area contributed by atoms with Crippen molar-refractivity contribution in [3.05, 3.63) is 57.1 Å². The number of halogens is 4. The van der Waals surface area contributed by atoms with E-state index >= 15 is 0 Å². The summed E-state index contributed by atoms with van der Waals surface area (Å²) in [4.78, 5) is 34.0.